The Morgan fingerprint density at radius 1 is 1.00 bits per heavy atom. The van der Waals surface area contributed by atoms with Gasteiger partial charge in [0, 0.05) is 22.3 Å². The molecule has 0 radical (unpaired) electrons. The number of aromatic nitrogens is 4. The highest BCUT2D eigenvalue weighted by molar-refractivity contribution is 6.31. The lowest BCUT2D eigenvalue weighted by atomic mass is 9.84. The molecule has 1 atom stereocenters. The van der Waals surface area contributed by atoms with Gasteiger partial charge >= 0.3 is 5.97 Å². The summed E-state index contributed by atoms with van der Waals surface area (Å²) in [6.45, 7) is 14.2. The maximum atomic E-state index is 13.7. The Morgan fingerprint density at radius 3 is 2.38 bits per heavy atom. The number of amides is 1. The first kappa shape index (κ1) is 32.5. The van der Waals surface area contributed by atoms with Gasteiger partial charge in [-0.25, -0.2) is 9.48 Å². The van der Waals surface area contributed by atoms with Crippen molar-refractivity contribution in [3.05, 3.63) is 105 Å². The molecule has 4 aromatic rings. The lowest BCUT2D eigenvalue weighted by Gasteiger charge is -2.30. The maximum absolute atomic E-state index is 13.7. The molecule has 9 heteroatoms. The molecule has 0 bridgehead atoms. The Bertz CT molecular complexity index is 1690. The van der Waals surface area contributed by atoms with Gasteiger partial charge in [0.15, 0.2) is 0 Å². The molecule has 1 fully saturated rings. The van der Waals surface area contributed by atoms with Crippen molar-refractivity contribution in [2.24, 2.45) is 5.92 Å². The zero-order valence-corrected chi connectivity index (χ0v) is 28.1. The average Bonchev–Trinajstić information content (AvgIpc) is 3.56. The third-order valence-corrected chi connectivity index (χ3v) is 9.10. The standard InChI is InChI=1S/C36H44ClN5O3/c1-22-12-17-29(23(2)18-22)33(30-10-8-9-11-32(30)37)38-34(43)26-13-15-28(16-14-26)42-21-27(39-40-42)20-41-24(3)19-31(25(41)4)35(44)45-36(5,6)7/h8-12,17-19,21,26,28,33H,13-16,20H2,1-7H3,(H,38,43). The summed E-state index contributed by atoms with van der Waals surface area (Å²) in [7, 11) is 0. The summed E-state index contributed by atoms with van der Waals surface area (Å²) < 4.78 is 9.60. The molecule has 1 unspecified atom stereocenters. The minimum Gasteiger partial charge on any atom is -0.456 e. The van der Waals surface area contributed by atoms with Crippen LogP contribution >= 0.6 is 11.6 Å². The molecule has 2 aromatic carbocycles. The molecule has 1 aliphatic rings. The van der Waals surface area contributed by atoms with Crippen LogP contribution in [0.4, 0.5) is 0 Å². The second-order valence-electron chi connectivity index (χ2n) is 13.4. The van der Waals surface area contributed by atoms with E-state index in [0.717, 1.165) is 59.5 Å². The van der Waals surface area contributed by atoms with Gasteiger partial charge in [-0.15, -0.1) is 5.10 Å². The number of aryl methyl sites for hydroxylation is 3. The van der Waals surface area contributed by atoms with Crippen molar-refractivity contribution in [2.75, 3.05) is 0 Å². The molecule has 0 spiro atoms. The molecule has 0 aliphatic heterocycles. The van der Waals surface area contributed by atoms with E-state index in [9.17, 15) is 9.59 Å². The van der Waals surface area contributed by atoms with Crippen molar-refractivity contribution in [3.63, 3.8) is 0 Å². The summed E-state index contributed by atoms with van der Waals surface area (Å²) in [6, 6.07) is 15.8. The normalized spacial score (nSPS) is 17.6. The highest BCUT2D eigenvalue weighted by Gasteiger charge is 2.31. The van der Waals surface area contributed by atoms with E-state index in [-0.39, 0.29) is 29.9 Å². The average molecular weight is 630 g/mol. The first-order valence-corrected chi connectivity index (χ1v) is 16.1. The molecule has 1 aliphatic carbocycles. The predicted octanol–water partition coefficient (Wildman–Crippen LogP) is 7.61. The van der Waals surface area contributed by atoms with Gasteiger partial charge in [-0.2, -0.15) is 0 Å². The molecule has 1 N–H and O–H groups in total. The molecule has 45 heavy (non-hydrogen) atoms. The number of rotatable bonds is 8. The van der Waals surface area contributed by atoms with Crippen LogP contribution in [-0.4, -0.2) is 37.0 Å². The van der Waals surface area contributed by atoms with Gasteiger partial charge in [0.25, 0.3) is 0 Å². The molecule has 2 heterocycles. The summed E-state index contributed by atoms with van der Waals surface area (Å²) in [5.41, 5.74) is 6.90. The number of carbonyl (C=O) groups excluding carboxylic acids is 2. The largest absolute Gasteiger partial charge is 0.456 e. The number of hydrogen-bond donors (Lipinski definition) is 1. The van der Waals surface area contributed by atoms with Crippen LogP contribution in [0.25, 0.3) is 0 Å². The van der Waals surface area contributed by atoms with Crippen LogP contribution in [0, 0.1) is 33.6 Å². The second-order valence-corrected chi connectivity index (χ2v) is 13.8. The van der Waals surface area contributed by atoms with E-state index >= 15 is 0 Å². The number of nitrogens with one attached hydrogen (secondary N) is 1. The molecule has 0 saturated heterocycles. The van der Waals surface area contributed by atoms with E-state index in [1.165, 1.54) is 5.56 Å². The molecule has 238 valence electrons. The lowest BCUT2D eigenvalue weighted by molar-refractivity contribution is -0.126. The molecule has 1 saturated carbocycles. The highest BCUT2D eigenvalue weighted by Crippen LogP contribution is 2.35. The monoisotopic (exact) mass is 629 g/mol. The number of halogens is 1. The Labute approximate surface area is 271 Å². The van der Waals surface area contributed by atoms with E-state index in [1.54, 1.807) is 0 Å². The zero-order chi connectivity index (χ0) is 32.5. The van der Waals surface area contributed by atoms with Gasteiger partial charge in [0.2, 0.25) is 5.91 Å². The summed E-state index contributed by atoms with van der Waals surface area (Å²) in [5, 5.41) is 12.9. The summed E-state index contributed by atoms with van der Waals surface area (Å²) >= 11 is 6.63. The van der Waals surface area contributed by atoms with Crippen molar-refractivity contribution >= 4 is 23.5 Å². The second kappa shape index (κ2) is 13.2. The van der Waals surface area contributed by atoms with E-state index in [1.807, 2.05) is 75.8 Å². The van der Waals surface area contributed by atoms with Crippen molar-refractivity contribution in [1.82, 2.24) is 24.9 Å². The predicted molar refractivity (Wildman–Crippen MR) is 177 cm³/mol. The molecular formula is C36H44ClN5O3. The van der Waals surface area contributed by atoms with E-state index in [0.29, 0.717) is 17.1 Å². The van der Waals surface area contributed by atoms with Crippen molar-refractivity contribution in [2.45, 2.75) is 98.4 Å². The Balaban J connectivity index is 1.23. The number of carbonyl (C=O) groups is 2. The molecular weight excluding hydrogens is 586 g/mol. The van der Waals surface area contributed by atoms with Crippen LogP contribution in [0.15, 0.2) is 54.7 Å². The molecule has 1 amide bonds. The molecule has 2 aromatic heterocycles. The van der Waals surface area contributed by atoms with Gasteiger partial charge < -0.3 is 14.6 Å². The van der Waals surface area contributed by atoms with Gasteiger partial charge in [-0.3, -0.25) is 4.79 Å². The summed E-state index contributed by atoms with van der Waals surface area (Å²) in [5.74, 6) is -0.355. The van der Waals surface area contributed by atoms with Crippen molar-refractivity contribution in [1.29, 1.82) is 0 Å². The number of hydrogen-bond acceptors (Lipinski definition) is 5. The van der Waals surface area contributed by atoms with E-state index in [2.05, 4.69) is 52.2 Å². The van der Waals surface area contributed by atoms with E-state index in [4.69, 9.17) is 16.3 Å². The topological polar surface area (TPSA) is 91.0 Å². The van der Waals surface area contributed by atoms with Crippen LogP contribution < -0.4 is 5.32 Å². The fraction of sp³-hybridized carbons (Fsp3) is 0.444. The minimum absolute atomic E-state index is 0.0528. The first-order chi connectivity index (χ1) is 21.3. The summed E-state index contributed by atoms with van der Waals surface area (Å²) in [6.07, 6.45) is 5.20. The number of benzene rings is 2. The van der Waals surface area contributed by atoms with Crippen LogP contribution in [-0.2, 0) is 16.1 Å². The summed E-state index contributed by atoms with van der Waals surface area (Å²) in [4.78, 5) is 26.4. The van der Waals surface area contributed by atoms with Crippen LogP contribution in [0.5, 0.6) is 0 Å². The fourth-order valence-corrected chi connectivity index (χ4v) is 6.60. The van der Waals surface area contributed by atoms with Crippen LogP contribution in [0.3, 0.4) is 0 Å². The maximum Gasteiger partial charge on any atom is 0.340 e. The number of nitrogens with zero attached hydrogens (tertiary/aromatic N) is 4. The Kier molecular flexibility index (Phi) is 9.54. The Hall–Kier alpha value is -3.91. The van der Waals surface area contributed by atoms with Crippen LogP contribution in [0.2, 0.25) is 5.02 Å². The van der Waals surface area contributed by atoms with Gasteiger partial charge in [-0.05, 0) is 103 Å². The first-order valence-electron chi connectivity index (χ1n) is 15.7. The van der Waals surface area contributed by atoms with Crippen molar-refractivity contribution in [3.8, 4) is 0 Å². The fourth-order valence-electron chi connectivity index (χ4n) is 6.35. The van der Waals surface area contributed by atoms with Gasteiger partial charge in [-0.1, -0.05) is 58.8 Å². The van der Waals surface area contributed by atoms with Gasteiger partial charge in [0.05, 0.1) is 30.4 Å². The Morgan fingerprint density at radius 2 is 1.71 bits per heavy atom. The van der Waals surface area contributed by atoms with Crippen molar-refractivity contribution < 1.29 is 14.3 Å². The van der Waals surface area contributed by atoms with E-state index < -0.39 is 5.60 Å². The SMILES string of the molecule is Cc1ccc(C(NC(=O)C2CCC(n3cc(Cn4c(C)cc(C(=O)OC(C)(C)C)c4C)nn3)CC2)c2ccccc2Cl)c(C)c1. The molecule has 5 rings (SSSR count). The highest BCUT2D eigenvalue weighted by atomic mass is 35.5. The lowest BCUT2D eigenvalue weighted by Crippen LogP contribution is -2.37. The minimum atomic E-state index is -0.556. The van der Waals surface area contributed by atoms with Crippen LogP contribution in [0.1, 0.15) is 108 Å². The molecule has 8 nitrogen and oxygen atoms in total. The number of esters is 1. The third kappa shape index (κ3) is 7.50. The van der Waals surface area contributed by atoms with Gasteiger partial charge in [0.1, 0.15) is 11.3 Å². The number of ether oxygens (including phenoxy) is 1. The zero-order valence-electron chi connectivity index (χ0n) is 27.4. The smallest absolute Gasteiger partial charge is 0.340 e. The third-order valence-electron chi connectivity index (χ3n) is 8.75. The quantitative estimate of drug-likeness (QED) is 0.203.